The SMILES string of the molecule is N#CC1=C(N)n2c(=O)c3c(N)cccc3c(=O)n2C1c1cccc([N+](=O)[O-])c1. The van der Waals surface area contributed by atoms with Gasteiger partial charge in [0.1, 0.15) is 23.5 Å². The molecule has 1 aliphatic rings. The lowest BCUT2D eigenvalue weighted by atomic mass is 10.00. The maximum atomic E-state index is 13.2. The van der Waals surface area contributed by atoms with E-state index in [1.807, 2.05) is 6.07 Å². The Balaban J connectivity index is 2.14. The summed E-state index contributed by atoms with van der Waals surface area (Å²) >= 11 is 0. The second-order valence-corrected chi connectivity index (χ2v) is 6.20. The van der Waals surface area contributed by atoms with E-state index in [9.17, 15) is 25.0 Å². The molecule has 28 heavy (non-hydrogen) atoms. The Labute approximate surface area is 156 Å². The molecule has 2 heterocycles. The molecular formula is C18H12N6O4. The molecule has 0 saturated carbocycles. The molecule has 0 saturated heterocycles. The molecular weight excluding hydrogens is 364 g/mol. The zero-order valence-electron chi connectivity index (χ0n) is 14.2. The molecule has 2 aromatic carbocycles. The van der Waals surface area contributed by atoms with Crippen LogP contribution in [0.5, 0.6) is 0 Å². The zero-order valence-corrected chi connectivity index (χ0v) is 14.2. The van der Waals surface area contributed by atoms with Crippen LogP contribution >= 0.6 is 0 Å². The van der Waals surface area contributed by atoms with Crippen molar-refractivity contribution in [1.82, 2.24) is 9.36 Å². The van der Waals surface area contributed by atoms with Gasteiger partial charge < -0.3 is 11.5 Å². The van der Waals surface area contributed by atoms with Crippen molar-refractivity contribution in [2.75, 3.05) is 5.73 Å². The summed E-state index contributed by atoms with van der Waals surface area (Å²) in [5.74, 6) is -0.216. The third kappa shape index (κ3) is 2.13. The van der Waals surface area contributed by atoms with Crippen LogP contribution in [0, 0.1) is 21.4 Å². The molecule has 4 rings (SSSR count). The molecule has 4 N–H and O–H groups in total. The maximum absolute atomic E-state index is 13.2. The number of non-ortho nitro benzene ring substituents is 1. The predicted octanol–water partition coefficient (Wildman–Crippen LogP) is 0.907. The number of nitro groups is 1. The Morgan fingerprint density at radius 3 is 2.50 bits per heavy atom. The number of nitrogens with zero attached hydrogens (tertiary/aromatic N) is 4. The van der Waals surface area contributed by atoms with Gasteiger partial charge in [0.15, 0.2) is 0 Å². The number of fused-ring (bicyclic) bond motifs is 2. The minimum absolute atomic E-state index is 0.00341. The molecule has 10 nitrogen and oxygen atoms in total. The molecule has 1 atom stereocenters. The summed E-state index contributed by atoms with van der Waals surface area (Å²) < 4.78 is 1.94. The molecule has 0 aliphatic carbocycles. The highest BCUT2D eigenvalue weighted by molar-refractivity contribution is 5.92. The Morgan fingerprint density at radius 2 is 1.82 bits per heavy atom. The van der Waals surface area contributed by atoms with Gasteiger partial charge in [-0.25, -0.2) is 4.68 Å². The van der Waals surface area contributed by atoms with E-state index >= 15 is 0 Å². The van der Waals surface area contributed by atoms with Crippen LogP contribution in [0.2, 0.25) is 0 Å². The Morgan fingerprint density at radius 1 is 1.11 bits per heavy atom. The first-order valence-corrected chi connectivity index (χ1v) is 8.07. The normalized spacial score (nSPS) is 15.5. The lowest BCUT2D eigenvalue weighted by molar-refractivity contribution is -0.384. The van der Waals surface area contributed by atoms with E-state index < -0.39 is 22.1 Å². The number of nitrogens with two attached hydrogens (primary N) is 2. The van der Waals surface area contributed by atoms with Crippen molar-refractivity contribution in [1.29, 1.82) is 5.26 Å². The quantitative estimate of drug-likeness (QED) is 0.381. The highest BCUT2D eigenvalue weighted by Gasteiger charge is 2.35. The largest absolute Gasteiger partial charge is 0.398 e. The number of nitro benzene ring substituents is 1. The predicted molar refractivity (Wildman–Crippen MR) is 101 cm³/mol. The molecule has 0 fully saturated rings. The fourth-order valence-corrected chi connectivity index (χ4v) is 3.47. The molecule has 3 aromatic rings. The van der Waals surface area contributed by atoms with E-state index in [4.69, 9.17) is 11.5 Å². The van der Waals surface area contributed by atoms with Gasteiger partial charge in [0.2, 0.25) is 0 Å². The van der Waals surface area contributed by atoms with Gasteiger partial charge in [0.05, 0.1) is 15.7 Å². The van der Waals surface area contributed by atoms with Crippen molar-refractivity contribution < 1.29 is 4.92 Å². The molecule has 10 heteroatoms. The van der Waals surface area contributed by atoms with Crippen molar-refractivity contribution in [3.63, 3.8) is 0 Å². The summed E-state index contributed by atoms with van der Waals surface area (Å²) in [5, 5.41) is 20.8. The van der Waals surface area contributed by atoms with Crippen molar-refractivity contribution >= 4 is 28.0 Å². The summed E-state index contributed by atoms with van der Waals surface area (Å²) in [6.45, 7) is 0. The number of anilines is 1. The fourth-order valence-electron chi connectivity index (χ4n) is 3.47. The monoisotopic (exact) mass is 376 g/mol. The van der Waals surface area contributed by atoms with Crippen LogP contribution in [0.25, 0.3) is 16.6 Å². The molecule has 0 radical (unpaired) electrons. The zero-order chi connectivity index (χ0) is 20.2. The van der Waals surface area contributed by atoms with Crippen molar-refractivity contribution in [3.8, 4) is 6.07 Å². The van der Waals surface area contributed by atoms with Crippen LogP contribution < -0.4 is 22.6 Å². The standard InChI is InChI=1S/C18H12N6O4/c19-8-12-15(9-3-1-4-10(7-9)24(27)28)22-17(25)11-5-2-6-13(20)14(11)18(26)23(22)16(12)21/h1-7,15H,20-21H2. The second kappa shape index (κ2) is 5.82. The van der Waals surface area contributed by atoms with E-state index in [0.29, 0.717) is 0 Å². The first-order valence-electron chi connectivity index (χ1n) is 8.07. The van der Waals surface area contributed by atoms with Crippen LogP contribution in [-0.4, -0.2) is 14.3 Å². The van der Waals surface area contributed by atoms with Gasteiger partial charge in [0, 0.05) is 17.8 Å². The third-order valence-corrected chi connectivity index (χ3v) is 4.70. The van der Waals surface area contributed by atoms with Crippen LogP contribution in [0.1, 0.15) is 11.6 Å². The topological polar surface area (TPSA) is 163 Å². The number of nitrogen functional groups attached to an aromatic ring is 1. The van der Waals surface area contributed by atoms with Crippen LogP contribution in [0.4, 0.5) is 11.4 Å². The highest BCUT2D eigenvalue weighted by atomic mass is 16.6. The summed E-state index contributed by atoms with van der Waals surface area (Å²) in [7, 11) is 0. The first-order chi connectivity index (χ1) is 13.4. The number of rotatable bonds is 2. The van der Waals surface area contributed by atoms with Crippen LogP contribution in [-0.2, 0) is 0 Å². The van der Waals surface area contributed by atoms with Crippen molar-refractivity contribution in [2.45, 2.75) is 6.04 Å². The summed E-state index contributed by atoms with van der Waals surface area (Å²) in [5.41, 5.74) is 10.8. The molecule has 0 amide bonds. The highest BCUT2D eigenvalue weighted by Crippen LogP contribution is 2.34. The number of hydrogen-bond donors (Lipinski definition) is 2. The van der Waals surface area contributed by atoms with Crippen LogP contribution in [0.15, 0.2) is 57.6 Å². The lowest BCUT2D eigenvalue weighted by Gasteiger charge is -2.17. The van der Waals surface area contributed by atoms with Gasteiger partial charge >= 0.3 is 0 Å². The van der Waals surface area contributed by atoms with E-state index in [0.717, 1.165) is 9.36 Å². The average Bonchev–Trinajstić information content (AvgIpc) is 2.98. The third-order valence-electron chi connectivity index (χ3n) is 4.70. The van der Waals surface area contributed by atoms with Crippen LogP contribution in [0.3, 0.4) is 0 Å². The van der Waals surface area contributed by atoms with Crippen molar-refractivity contribution in [3.05, 3.63) is 84.4 Å². The van der Waals surface area contributed by atoms with Crippen molar-refractivity contribution in [2.24, 2.45) is 5.73 Å². The molecule has 138 valence electrons. The summed E-state index contributed by atoms with van der Waals surface area (Å²) in [6, 6.07) is 10.8. The number of hydrogen-bond acceptors (Lipinski definition) is 7. The van der Waals surface area contributed by atoms with E-state index in [1.165, 1.54) is 42.5 Å². The summed E-state index contributed by atoms with van der Waals surface area (Å²) in [6.07, 6.45) is 0. The van der Waals surface area contributed by atoms with E-state index in [-0.39, 0.29) is 39.1 Å². The number of benzene rings is 2. The Hall–Kier alpha value is -4.39. The van der Waals surface area contributed by atoms with Gasteiger partial charge in [-0.15, -0.1) is 0 Å². The molecule has 0 spiro atoms. The van der Waals surface area contributed by atoms with Gasteiger partial charge in [-0.3, -0.25) is 19.7 Å². The number of aromatic nitrogens is 2. The molecule has 1 aromatic heterocycles. The Kier molecular flexibility index (Phi) is 3.54. The van der Waals surface area contributed by atoms with Gasteiger partial charge in [-0.1, -0.05) is 18.2 Å². The molecule has 1 unspecified atom stereocenters. The fraction of sp³-hybridized carbons (Fsp3) is 0.0556. The Bertz CT molecular complexity index is 1380. The van der Waals surface area contributed by atoms with Gasteiger partial charge in [-0.2, -0.15) is 9.94 Å². The van der Waals surface area contributed by atoms with Gasteiger partial charge in [0.25, 0.3) is 16.8 Å². The number of allylic oxidation sites excluding steroid dienone is 1. The minimum Gasteiger partial charge on any atom is -0.398 e. The molecule has 1 aliphatic heterocycles. The molecule has 0 bridgehead atoms. The number of nitriles is 1. The first kappa shape index (κ1) is 17.0. The van der Waals surface area contributed by atoms with E-state index in [2.05, 4.69) is 0 Å². The summed E-state index contributed by atoms with van der Waals surface area (Å²) in [4.78, 5) is 36.7. The maximum Gasteiger partial charge on any atom is 0.281 e. The second-order valence-electron chi connectivity index (χ2n) is 6.20. The average molecular weight is 376 g/mol. The smallest absolute Gasteiger partial charge is 0.281 e. The van der Waals surface area contributed by atoms with E-state index in [1.54, 1.807) is 0 Å². The lowest BCUT2D eigenvalue weighted by Crippen LogP contribution is -2.38. The minimum atomic E-state index is -1.07. The van der Waals surface area contributed by atoms with Gasteiger partial charge in [-0.05, 0) is 17.7 Å².